The Labute approximate surface area is 139 Å². The molecule has 0 bridgehead atoms. The zero-order valence-electron chi connectivity index (χ0n) is 13.7. The molecular weight excluding hydrogens is 312 g/mol. The van der Waals surface area contributed by atoms with Gasteiger partial charge in [-0.3, -0.25) is 4.79 Å². The number of carboxylic acid groups (broad SMARTS) is 1. The van der Waals surface area contributed by atoms with E-state index < -0.39 is 5.97 Å². The third-order valence-corrected chi connectivity index (χ3v) is 5.13. The number of thiazole rings is 1. The van der Waals surface area contributed by atoms with Gasteiger partial charge in [0.15, 0.2) is 0 Å². The molecule has 0 aliphatic heterocycles. The zero-order chi connectivity index (χ0) is 17.1. The maximum atomic E-state index is 12.5. The van der Waals surface area contributed by atoms with Gasteiger partial charge in [-0.1, -0.05) is 18.2 Å². The van der Waals surface area contributed by atoms with Gasteiger partial charge in [-0.05, 0) is 32.4 Å². The minimum absolute atomic E-state index is 0.0696. The molecule has 1 aromatic carbocycles. The summed E-state index contributed by atoms with van der Waals surface area (Å²) in [6.45, 7) is 5.84. The van der Waals surface area contributed by atoms with Gasteiger partial charge in [-0.15, -0.1) is 11.3 Å². The summed E-state index contributed by atoms with van der Waals surface area (Å²) in [5, 5.41) is 10.2. The van der Waals surface area contributed by atoms with Crippen LogP contribution in [-0.4, -0.2) is 33.9 Å². The molecule has 0 saturated heterocycles. The van der Waals surface area contributed by atoms with Crippen molar-refractivity contribution in [3.8, 4) is 0 Å². The number of carboxylic acids is 1. The minimum Gasteiger partial charge on any atom is -0.478 e. The quantitative estimate of drug-likeness (QED) is 0.912. The van der Waals surface area contributed by atoms with Crippen molar-refractivity contribution in [2.24, 2.45) is 0 Å². The van der Waals surface area contributed by atoms with Crippen LogP contribution in [0.5, 0.6) is 0 Å². The maximum Gasteiger partial charge on any atom is 0.335 e. The Hall–Kier alpha value is -2.21. The van der Waals surface area contributed by atoms with E-state index in [2.05, 4.69) is 4.98 Å². The molecular formula is C17H20N2O3S. The molecule has 6 heteroatoms. The second-order valence-corrected chi connectivity index (χ2v) is 6.74. The average molecular weight is 332 g/mol. The third kappa shape index (κ3) is 3.76. The first-order chi connectivity index (χ1) is 10.8. The number of carbonyl (C=O) groups is 2. The lowest BCUT2D eigenvalue weighted by Gasteiger charge is -2.25. The van der Waals surface area contributed by atoms with E-state index in [1.807, 2.05) is 20.8 Å². The maximum absolute atomic E-state index is 12.5. The Kier molecular flexibility index (Phi) is 5.15. The van der Waals surface area contributed by atoms with E-state index in [1.54, 1.807) is 41.5 Å². The number of aromatic nitrogens is 1. The summed E-state index contributed by atoms with van der Waals surface area (Å²) < 4.78 is 0. The predicted molar refractivity (Wildman–Crippen MR) is 89.9 cm³/mol. The predicted octanol–water partition coefficient (Wildman–Crippen LogP) is 3.22. The summed E-state index contributed by atoms with van der Waals surface area (Å²) in [6.07, 6.45) is 0.0696. The summed E-state index contributed by atoms with van der Waals surface area (Å²) >= 11 is 1.58. The molecule has 0 aliphatic carbocycles. The standard InChI is InChI=1S/C17H20N2O3S/c1-10-16(23-12(3)18-10)11(2)19(4)15(20)9-13-7-5-6-8-14(13)17(21)22/h5-8,11H,9H2,1-4H3,(H,21,22). The first-order valence-electron chi connectivity index (χ1n) is 7.32. The van der Waals surface area contributed by atoms with Crippen molar-refractivity contribution in [3.63, 3.8) is 0 Å². The molecule has 0 saturated carbocycles. The molecule has 1 unspecified atom stereocenters. The number of rotatable bonds is 5. The summed E-state index contributed by atoms with van der Waals surface area (Å²) in [7, 11) is 1.74. The molecule has 122 valence electrons. The van der Waals surface area contributed by atoms with Crippen LogP contribution < -0.4 is 0 Å². The lowest BCUT2D eigenvalue weighted by atomic mass is 10.0. The Morgan fingerprint density at radius 2 is 1.96 bits per heavy atom. The van der Waals surface area contributed by atoms with Crippen LogP contribution in [0.4, 0.5) is 0 Å². The molecule has 1 N–H and O–H groups in total. The number of carbonyl (C=O) groups excluding carboxylic acids is 1. The Bertz CT molecular complexity index is 739. The highest BCUT2D eigenvalue weighted by molar-refractivity contribution is 7.11. The van der Waals surface area contributed by atoms with Crippen LogP contribution in [0.2, 0.25) is 0 Å². The number of hydrogen-bond acceptors (Lipinski definition) is 4. The summed E-state index contributed by atoms with van der Waals surface area (Å²) in [4.78, 5) is 30.9. The van der Waals surface area contributed by atoms with Crippen molar-refractivity contribution in [2.75, 3.05) is 7.05 Å². The van der Waals surface area contributed by atoms with Gasteiger partial charge in [0.25, 0.3) is 0 Å². The van der Waals surface area contributed by atoms with E-state index in [4.69, 9.17) is 0 Å². The molecule has 0 radical (unpaired) electrons. The van der Waals surface area contributed by atoms with Gasteiger partial charge < -0.3 is 10.0 Å². The third-order valence-electron chi connectivity index (χ3n) is 3.88. The van der Waals surface area contributed by atoms with Crippen molar-refractivity contribution in [1.29, 1.82) is 0 Å². The number of nitrogens with zero attached hydrogens (tertiary/aromatic N) is 2. The van der Waals surface area contributed by atoms with Gasteiger partial charge >= 0.3 is 5.97 Å². The molecule has 2 rings (SSSR count). The first kappa shape index (κ1) is 17.1. The second kappa shape index (κ2) is 6.91. The Morgan fingerprint density at radius 1 is 1.30 bits per heavy atom. The van der Waals surface area contributed by atoms with Gasteiger partial charge in [0.05, 0.1) is 28.7 Å². The number of hydrogen-bond donors (Lipinski definition) is 1. The molecule has 1 aromatic heterocycles. The van der Waals surface area contributed by atoms with Gasteiger partial charge in [-0.2, -0.15) is 0 Å². The van der Waals surface area contributed by atoms with Crippen LogP contribution in [0.1, 0.15) is 44.5 Å². The van der Waals surface area contributed by atoms with E-state index in [0.29, 0.717) is 5.56 Å². The van der Waals surface area contributed by atoms with Crippen LogP contribution in [0, 0.1) is 13.8 Å². The lowest BCUT2D eigenvalue weighted by Crippen LogP contribution is -2.31. The Balaban J connectivity index is 2.17. The monoisotopic (exact) mass is 332 g/mol. The van der Waals surface area contributed by atoms with Crippen LogP contribution in [0.3, 0.4) is 0 Å². The van der Waals surface area contributed by atoms with Crippen LogP contribution in [-0.2, 0) is 11.2 Å². The van der Waals surface area contributed by atoms with Gasteiger partial charge in [0, 0.05) is 11.9 Å². The summed E-state index contributed by atoms with van der Waals surface area (Å²) in [6, 6.07) is 6.51. The van der Waals surface area contributed by atoms with Gasteiger partial charge in [0.1, 0.15) is 0 Å². The van der Waals surface area contributed by atoms with Crippen LogP contribution >= 0.6 is 11.3 Å². The topological polar surface area (TPSA) is 70.5 Å². The zero-order valence-corrected chi connectivity index (χ0v) is 14.5. The fourth-order valence-corrected chi connectivity index (χ4v) is 3.52. The molecule has 23 heavy (non-hydrogen) atoms. The molecule has 0 fully saturated rings. The van der Waals surface area contributed by atoms with Gasteiger partial charge in [0.2, 0.25) is 5.91 Å². The highest BCUT2D eigenvalue weighted by atomic mass is 32.1. The molecule has 1 atom stereocenters. The summed E-state index contributed by atoms with van der Waals surface area (Å²) in [5.74, 6) is -1.13. The van der Waals surface area contributed by atoms with Gasteiger partial charge in [-0.25, -0.2) is 9.78 Å². The molecule has 0 aliphatic rings. The first-order valence-corrected chi connectivity index (χ1v) is 8.13. The van der Waals surface area contributed by atoms with Crippen molar-refractivity contribution >= 4 is 23.2 Å². The number of benzene rings is 1. The van der Waals surface area contributed by atoms with Crippen molar-refractivity contribution in [3.05, 3.63) is 51.0 Å². The molecule has 2 aromatic rings. The normalized spacial score (nSPS) is 12.0. The number of aryl methyl sites for hydroxylation is 2. The lowest BCUT2D eigenvalue weighted by molar-refractivity contribution is -0.131. The van der Waals surface area contributed by atoms with Crippen molar-refractivity contribution < 1.29 is 14.7 Å². The highest BCUT2D eigenvalue weighted by Crippen LogP contribution is 2.28. The van der Waals surface area contributed by atoms with E-state index in [0.717, 1.165) is 15.6 Å². The average Bonchev–Trinajstić information content (AvgIpc) is 2.84. The largest absolute Gasteiger partial charge is 0.478 e. The molecule has 1 heterocycles. The van der Waals surface area contributed by atoms with E-state index in [1.165, 1.54) is 6.07 Å². The van der Waals surface area contributed by atoms with E-state index >= 15 is 0 Å². The summed E-state index contributed by atoms with van der Waals surface area (Å²) in [5.41, 5.74) is 1.64. The number of aromatic carboxylic acids is 1. The smallest absolute Gasteiger partial charge is 0.335 e. The minimum atomic E-state index is -1.02. The molecule has 1 amide bonds. The van der Waals surface area contributed by atoms with E-state index in [9.17, 15) is 14.7 Å². The van der Waals surface area contributed by atoms with Crippen molar-refractivity contribution in [1.82, 2.24) is 9.88 Å². The fraction of sp³-hybridized carbons (Fsp3) is 0.353. The molecule has 0 spiro atoms. The number of amides is 1. The van der Waals surface area contributed by atoms with Crippen LogP contribution in [0.25, 0.3) is 0 Å². The molecule has 5 nitrogen and oxygen atoms in total. The SMILES string of the molecule is Cc1nc(C)c(C(C)N(C)C(=O)Cc2ccccc2C(=O)O)s1. The Morgan fingerprint density at radius 3 is 2.52 bits per heavy atom. The fourth-order valence-electron chi connectivity index (χ4n) is 2.50. The van der Waals surface area contributed by atoms with E-state index in [-0.39, 0.29) is 23.9 Å². The van der Waals surface area contributed by atoms with Crippen LogP contribution in [0.15, 0.2) is 24.3 Å². The second-order valence-electron chi connectivity index (χ2n) is 5.50. The number of likely N-dealkylation sites (N-methyl/N-ethyl adjacent to an activating group) is 1. The highest BCUT2D eigenvalue weighted by Gasteiger charge is 2.22. The van der Waals surface area contributed by atoms with Crippen molar-refractivity contribution in [2.45, 2.75) is 33.2 Å².